The van der Waals surface area contributed by atoms with Crippen molar-refractivity contribution in [1.82, 2.24) is 9.80 Å². The first-order valence-electron chi connectivity index (χ1n) is 12.2. The van der Waals surface area contributed by atoms with Crippen LogP contribution in [0.15, 0.2) is 84.9 Å². The predicted octanol–water partition coefficient (Wildman–Crippen LogP) is 3.65. The molecule has 0 radical (unpaired) electrons. The van der Waals surface area contributed by atoms with Crippen LogP contribution in [-0.4, -0.2) is 60.4 Å². The molecule has 0 spiro atoms. The molecule has 0 atom stereocenters. The molecule has 1 saturated carbocycles. The molecule has 7 nitrogen and oxygen atoms in total. The molecule has 3 aromatic carbocycles. The average Bonchev–Trinajstić information content (AvgIpc) is 3.69. The van der Waals surface area contributed by atoms with Crippen LogP contribution in [0.5, 0.6) is 5.75 Å². The molecule has 0 aromatic heterocycles. The smallest absolute Gasteiger partial charge is 0.248 e. The van der Waals surface area contributed by atoms with Crippen LogP contribution in [0.3, 0.4) is 0 Å². The molecule has 0 unspecified atom stereocenters. The van der Waals surface area contributed by atoms with E-state index in [1.807, 2.05) is 60.7 Å². The molecule has 3 amide bonds. The molecule has 5 rings (SSSR count). The molecule has 1 heterocycles. The highest BCUT2D eigenvalue weighted by Gasteiger charge is 2.40. The van der Waals surface area contributed by atoms with E-state index >= 15 is 0 Å². The quantitative estimate of drug-likeness (QED) is 0.491. The van der Waals surface area contributed by atoms with Gasteiger partial charge in [-0.1, -0.05) is 60.7 Å². The van der Waals surface area contributed by atoms with Crippen LogP contribution in [0.2, 0.25) is 0 Å². The van der Waals surface area contributed by atoms with Crippen molar-refractivity contribution >= 4 is 23.4 Å². The number of rotatable bonds is 8. The zero-order valence-corrected chi connectivity index (χ0v) is 20.2. The van der Waals surface area contributed by atoms with E-state index < -0.39 is 5.92 Å². The van der Waals surface area contributed by atoms with Crippen LogP contribution in [0, 0.1) is 0 Å². The number of hydrogen-bond acceptors (Lipinski definition) is 4. The molecule has 1 saturated heterocycles. The van der Waals surface area contributed by atoms with Gasteiger partial charge in [0.25, 0.3) is 0 Å². The third kappa shape index (κ3) is 4.96. The maximum Gasteiger partial charge on any atom is 0.248 e. The maximum absolute atomic E-state index is 14.0. The van der Waals surface area contributed by atoms with E-state index in [0.717, 1.165) is 24.0 Å². The number of carbonyl (C=O) groups is 3. The SMILES string of the molecule is COc1ccc(N2CN(C(=O)CN(C(=O)C(c3ccccc3)c3ccccc3)C3CC3)CC2=O)cc1. The fourth-order valence-corrected chi connectivity index (χ4v) is 4.66. The summed E-state index contributed by atoms with van der Waals surface area (Å²) in [7, 11) is 1.59. The fraction of sp³-hybridized carbons (Fsp3) is 0.276. The lowest BCUT2D eigenvalue weighted by Gasteiger charge is -2.29. The standard InChI is InChI=1S/C29H29N3O4/c1-36-25-16-14-24(15-17-25)32-20-30(18-27(32)34)26(33)19-31(23-12-13-23)29(35)28(21-8-4-2-5-9-21)22-10-6-3-7-11-22/h2-11,14-17,23,28H,12-13,18-20H2,1H3. The van der Waals surface area contributed by atoms with Gasteiger partial charge in [0.1, 0.15) is 25.5 Å². The zero-order chi connectivity index (χ0) is 25.1. The number of amides is 3. The fourth-order valence-electron chi connectivity index (χ4n) is 4.66. The number of nitrogens with zero attached hydrogens (tertiary/aromatic N) is 3. The Bertz CT molecular complexity index is 1190. The lowest BCUT2D eigenvalue weighted by molar-refractivity contribution is -0.141. The highest BCUT2D eigenvalue weighted by Crippen LogP contribution is 2.33. The lowest BCUT2D eigenvalue weighted by Crippen LogP contribution is -2.45. The van der Waals surface area contributed by atoms with Gasteiger partial charge in [0.05, 0.1) is 13.0 Å². The minimum Gasteiger partial charge on any atom is -0.497 e. The van der Waals surface area contributed by atoms with Crippen molar-refractivity contribution in [3.05, 3.63) is 96.1 Å². The van der Waals surface area contributed by atoms with E-state index in [1.54, 1.807) is 41.2 Å². The van der Waals surface area contributed by atoms with Gasteiger partial charge in [-0.15, -0.1) is 0 Å². The van der Waals surface area contributed by atoms with Crippen LogP contribution in [-0.2, 0) is 14.4 Å². The van der Waals surface area contributed by atoms with Crippen LogP contribution in [0.1, 0.15) is 29.9 Å². The maximum atomic E-state index is 14.0. The Hall–Kier alpha value is -4.13. The molecule has 1 aliphatic heterocycles. The third-order valence-corrected chi connectivity index (χ3v) is 6.77. The molecule has 184 valence electrons. The Morgan fingerprint density at radius 2 is 1.50 bits per heavy atom. The number of methoxy groups -OCH3 is 1. The minimum absolute atomic E-state index is 0.00163. The molecule has 1 aliphatic carbocycles. The van der Waals surface area contributed by atoms with E-state index in [9.17, 15) is 14.4 Å². The van der Waals surface area contributed by atoms with E-state index in [4.69, 9.17) is 4.74 Å². The number of benzene rings is 3. The molecule has 3 aromatic rings. The Morgan fingerprint density at radius 1 is 0.917 bits per heavy atom. The van der Waals surface area contributed by atoms with Crippen molar-refractivity contribution in [2.75, 3.05) is 31.8 Å². The van der Waals surface area contributed by atoms with Crippen molar-refractivity contribution in [1.29, 1.82) is 0 Å². The van der Waals surface area contributed by atoms with Gasteiger partial charge in [0, 0.05) is 11.7 Å². The number of anilines is 1. The first-order chi connectivity index (χ1) is 17.5. The number of hydrogen-bond donors (Lipinski definition) is 0. The van der Waals surface area contributed by atoms with E-state index in [2.05, 4.69) is 0 Å². The summed E-state index contributed by atoms with van der Waals surface area (Å²) < 4.78 is 5.19. The van der Waals surface area contributed by atoms with Crippen LogP contribution < -0.4 is 9.64 Å². The second kappa shape index (κ2) is 10.2. The summed E-state index contributed by atoms with van der Waals surface area (Å²) >= 11 is 0. The van der Waals surface area contributed by atoms with Gasteiger partial charge >= 0.3 is 0 Å². The van der Waals surface area contributed by atoms with E-state index in [1.165, 1.54) is 4.90 Å². The first kappa shape index (κ1) is 23.6. The van der Waals surface area contributed by atoms with Gasteiger partial charge in [-0.05, 0) is 48.2 Å². The summed E-state index contributed by atoms with van der Waals surface area (Å²) in [6.07, 6.45) is 1.76. The molecule has 36 heavy (non-hydrogen) atoms. The van der Waals surface area contributed by atoms with Crippen molar-refractivity contribution in [2.24, 2.45) is 0 Å². The molecule has 2 fully saturated rings. The van der Waals surface area contributed by atoms with Crippen LogP contribution in [0.4, 0.5) is 5.69 Å². The molecule has 7 heteroatoms. The molecular weight excluding hydrogens is 454 g/mol. The largest absolute Gasteiger partial charge is 0.497 e. The molecule has 2 aliphatic rings. The van der Waals surface area contributed by atoms with Crippen molar-refractivity contribution in [3.8, 4) is 5.75 Å². The molecule has 0 N–H and O–H groups in total. The Labute approximate surface area is 210 Å². The second-order valence-electron chi connectivity index (χ2n) is 9.20. The van der Waals surface area contributed by atoms with Gasteiger partial charge < -0.3 is 14.5 Å². The van der Waals surface area contributed by atoms with Gasteiger partial charge in [-0.2, -0.15) is 0 Å². The van der Waals surface area contributed by atoms with Gasteiger partial charge in [-0.25, -0.2) is 0 Å². The predicted molar refractivity (Wildman–Crippen MR) is 137 cm³/mol. The molecule has 0 bridgehead atoms. The average molecular weight is 484 g/mol. The lowest BCUT2D eigenvalue weighted by atomic mass is 9.90. The zero-order valence-electron chi connectivity index (χ0n) is 20.2. The van der Waals surface area contributed by atoms with Gasteiger partial charge in [0.15, 0.2) is 0 Å². The van der Waals surface area contributed by atoms with Crippen molar-refractivity contribution < 1.29 is 19.1 Å². The molecular formula is C29H29N3O4. The highest BCUT2D eigenvalue weighted by molar-refractivity contribution is 6.01. The van der Waals surface area contributed by atoms with Crippen LogP contribution >= 0.6 is 0 Å². The first-order valence-corrected chi connectivity index (χ1v) is 12.2. The Kier molecular flexibility index (Phi) is 6.71. The number of carbonyl (C=O) groups excluding carboxylic acids is 3. The van der Waals surface area contributed by atoms with Crippen LogP contribution in [0.25, 0.3) is 0 Å². The summed E-state index contributed by atoms with van der Waals surface area (Å²) in [5.74, 6) is -0.246. The topological polar surface area (TPSA) is 70.2 Å². The van der Waals surface area contributed by atoms with Crippen molar-refractivity contribution in [2.45, 2.75) is 24.8 Å². The summed E-state index contributed by atoms with van der Waals surface area (Å²) in [5.41, 5.74) is 2.50. The highest BCUT2D eigenvalue weighted by atomic mass is 16.5. The van der Waals surface area contributed by atoms with E-state index in [0.29, 0.717) is 11.4 Å². The number of ether oxygens (including phenoxy) is 1. The second-order valence-corrected chi connectivity index (χ2v) is 9.20. The Morgan fingerprint density at radius 3 is 2.03 bits per heavy atom. The summed E-state index contributed by atoms with van der Waals surface area (Å²) in [6.45, 7) is 0.124. The monoisotopic (exact) mass is 483 g/mol. The summed E-state index contributed by atoms with van der Waals surface area (Å²) in [4.78, 5) is 44.8. The summed E-state index contributed by atoms with van der Waals surface area (Å²) in [5, 5.41) is 0. The van der Waals surface area contributed by atoms with Gasteiger partial charge in [-0.3, -0.25) is 19.3 Å². The minimum atomic E-state index is -0.489. The van der Waals surface area contributed by atoms with E-state index in [-0.39, 0.29) is 43.5 Å². The Balaban J connectivity index is 1.34. The normalized spacial score (nSPS) is 15.3. The van der Waals surface area contributed by atoms with Gasteiger partial charge in [0.2, 0.25) is 17.7 Å². The third-order valence-electron chi connectivity index (χ3n) is 6.77. The summed E-state index contributed by atoms with van der Waals surface area (Å²) in [6, 6.07) is 26.6. The van der Waals surface area contributed by atoms with Crippen molar-refractivity contribution in [3.63, 3.8) is 0 Å².